The molecule has 2 amide bonds. The summed E-state index contributed by atoms with van der Waals surface area (Å²) in [4.78, 5) is 25.2. The van der Waals surface area contributed by atoms with Crippen molar-refractivity contribution in [3.63, 3.8) is 0 Å². The second-order valence-corrected chi connectivity index (χ2v) is 4.96. The van der Waals surface area contributed by atoms with Crippen molar-refractivity contribution < 1.29 is 32.6 Å². The zero-order valence-electron chi connectivity index (χ0n) is 11.9. The van der Waals surface area contributed by atoms with Crippen molar-refractivity contribution >= 4 is 12.0 Å². The van der Waals surface area contributed by atoms with Crippen molar-refractivity contribution in [1.82, 2.24) is 9.80 Å². The van der Waals surface area contributed by atoms with Gasteiger partial charge in [-0.05, 0) is 13.3 Å². The van der Waals surface area contributed by atoms with E-state index in [-0.39, 0.29) is 19.7 Å². The minimum Gasteiger partial charge on any atom is -0.481 e. The van der Waals surface area contributed by atoms with Gasteiger partial charge in [0.25, 0.3) is 0 Å². The van der Waals surface area contributed by atoms with E-state index < -0.39 is 36.6 Å². The number of hydrogen-bond donors (Lipinski definition) is 1. The number of carboxylic acid groups (broad SMARTS) is 1. The van der Waals surface area contributed by atoms with Crippen LogP contribution in [0.2, 0.25) is 0 Å². The van der Waals surface area contributed by atoms with E-state index >= 15 is 0 Å². The fourth-order valence-corrected chi connectivity index (χ4v) is 2.18. The molecule has 0 saturated carbocycles. The number of hydrogen-bond acceptors (Lipinski definition) is 3. The Morgan fingerprint density at radius 1 is 1.43 bits per heavy atom. The molecule has 0 aromatic heterocycles. The van der Waals surface area contributed by atoms with Crippen molar-refractivity contribution in [1.29, 1.82) is 0 Å². The van der Waals surface area contributed by atoms with Crippen LogP contribution in [0, 0.1) is 5.41 Å². The summed E-state index contributed by atoms with van der Waals surface area (Å²) in [5.41, 5.74) is -2.87. The summed E-state index contributed by atoms with van der Waals surface area (Å²) in [6.07, 6.45) is -5.52. The molecule has 1 saturated heterocycles. The third-order valence-corrected chi connectivity index (χ3v) is 3.59. The van der Waals surface area contributed by atoms with Gasteiger partial charge in [-0.3, -0.25) is 4.79 Å². The Morgan fingerprint density at radius 2 is 2.05 bits per heavy atom. The first-order valence-corrected chi connectivity index (χ1v) is 6.53. The molecule has 1 aliphatic rings. The van der Waals surface area contributed by atoms with Gasteiger partial charge in [-0.15, -0.1) is 0 Å². The number of carbonyl (C=O) groups is 2. The lowest BCUT2D eigenvalue weighted by Crippen LogP contribution is -2.49. The van der Waals surface area contributed by atoms with Gasteiger partial charge in [0.15, 0.2) is 5.41 Å². The highest BCUT2D eigenvalue weighted by molar-refractivity contribution is 5.80. The van der Waals surface area contributed by atoms with Crippen LogP contribution in [0.3, 0.4) is 0 Å². The van der Waals surface area contributed by atoms with Gasteiger partial charge in [0.05, 0.1) is 6.61 Å². The van der Waals surface area contributed by atoms with Crippen molar-refractivity contribution in [2.24, 2.45) is 5.41 Å². The third kappa shape index (κ3) is 3.58. The van der Waals surface area contributed by atoms with Crippen LogP contribution in [0.15, 0.2) is 0 Å². The van der Waals surface area contributed by atoms with Crippen molar-refractivity contribution in [3.05, 3.63) is 0 Å². The van der Waals surface area contributed by atoms with Crippen molar-refractivity contribution in [2.45, 2.75) is 19.5 Å². The summed E-state index contributed by atoms with van der Waals surface area (Å²) in [5, 5.41) is 8.92. The molecule has 21 heavy (non-hydrogen) atoms. The summed E-state index contributed by atoms with van der Waals surface area (Å²) in [7, 11) is 1.44. The Labute approximate surface area is 120 Å². The fraction of sp³-hybridized carbons (Fsp3) is 0.833. The number of carbonyl (C=O) groups excluding carboxylic acids is 1. The number of urea groups is 1. The van der Waals surface area contributed by atoms with Crippen LogP contribution in [-0.2, 0) is 9.53 Å². The second-order valence-electron chi connectivity index (χ2n) is 4.96. The van der Waals surface area contributed by atoms with Crippen LogP contribution in [0.5, 0.6) is 0 Å². The first-order chi connectivity index (χ1) is 9.65. The van der Waals surface area contributed by atoms with Crippen LogP contribution in [-0.4, -0.2) is 73.0 Å². The number of amides is 2. The average Bonchev–Trinajstić information content (AvgIpc) is 2.83. The summed E-state index contributed by atoms with van der Waals surface area (Å²) >= 11 is 0. The molecule has 0 aliphatic carbocycles. The Hall–Kier alpha value is -1.51. The molecular formula is C12H19F3N2O4. The minimum absolute atomic E-state index is 0.231. The lowest BCUT2D eigenvalue weighted by atomic mass is 9.86. The molecule has 6 nitrogen and oxygen atoms in total. The van der Waals surface area contributed by atoms with E-state index in [0.717, 1.165) is 4.90 Å². The number of alkyl halides is 3. The van der Waals surface area contributed by atoms with Gasteiger partial charge in [0, 0.05) is 33.3 Å². The zero-order valence-corrected chi connectivity index (χ0v) is 11.9. The number of halogens is 3. The molecule has 1 atom stereocenters. The minimum atomic E-state index is -4.89. The van der Waals surface area contributed by atoms with Crippen LogP contribution >= 0.6 is 0 Å². The molecule has 0 bridgehead atoms. The Morgan fingerprint density at radius 3 is 2.48 bits per heavy atom. The number of likely N-dealkylation sites (N-methyl/N-ethyl adjacent to an activating group) is 1. The van der Waals surface area contributed by atoms with Gasteiger partial charge in [0.2, 0.25) is 0 Å². The van der Waals surface area contributed by atoms with Gasteiger partial charge in [-0.25, -0.2) is 4.79 Å². The predicted molar refractivity (Wildman–Crippen MR) is 66.8 cm³/mol. The van der Waals surface area contributed by atoms with Crippen LogP contribution in [0.1, 0.15) is 13.3 Å². The average molecular weight is 312 g/mol. The fourth-order valence-electron chi connectivity index (χ4n) is 2.18. The zero-order chi connectivity index (χ0) is 16.3. The molecule has 9 heteroatoms. The largest absolute Gasteiger partial charge is 0.481 e. The first-order valence-electron chi connectivity index (χ1n) is 6.53. The van der Waals surface area contributed by atoms with E-state index in [1.807, 2.05) is 0 Å². The van der Waals surface area contributed by atoms with Crippen molar-refractivity contribution in [3.8, 4) is 0 Å². The summed E-state index contributed by atoms with van der Waals surface area (Å²) in [6.45, 7) is 1.67. The predicted octanol–water partition coefficient (Wildman–Crippen LogP) is 1.41. The van der Waals surface area contributed by atoms with E-state index in [1.165, 1.54) is 11.9 Å². The Kier molecular flexibility index (Phi) is 5.43. The van der Waals surface area contributed by atoms with Crippen molar-refractivity contribution in [2.75, 3.05) is 39.9 Å². The molecule has 1 fully saturated rings. The topological polar surface area (TPSA) is 70.1 Å². The van der Waals surface area contributed by atoms with Gasteiger partial charge >= 0.3 is 18.2 Å². The monoisotopic (exact) mass is 312 g/mol. The number of aliphatic carboxylic acids is 1. The smallest absolute Gasteiger partial charge is 0.406 e. The molecule has 0 spiro atoms. The maximum absolute atomic E-state index is 13.0. The number of nitrogens with zero attached hydrogens (tertiary/aromatic N) is 2. The molecule has 1 rings (SSSR count). The number of rotatable bonds is 5. The molecule has 1 heterocycles. The molecule has 1 N–H and O–H groups in total. The SMILES string of the molecule is CCOCCN(C)C(=O)N1CCC(C(=O)O)(C(F)(F)F)C1. The van der Waals surface area contributed by atoms with Crippen LogP contribution in [0.25, 0.3) is 0 Å². The normalized spacial score (nSPS) is 22.4. The van der Waals surface area contributed by atoms with Crippen LogP contribution < -0.4 is 0 Å². The number of ether oxygens (including phenoxy) is 1. The second kappa shape index (κ2) is 6.50. The van der Waals surface area contributed by atoms with Gasteiger partial charge in [-0.2, -0.15) is 13.2 Å². The standard InChI is InChI=1S/C12H19F3N2O4/c1-3-21-7-6-16(2)10(20)17-5-4-11(8-17,9(18)19)12(13,14)15/h3-8H2,1-2H3,(H,18,19). The van der Waals surface area contributed by atoms with Crippen LogP contribution in [0.4, 0.5) is 18.0 Å². The molecular weight excluding hydrogens is 293 g/mol. The summed E-state index contributed by atoms with van der Waals surface area (Å²) in [5.74, 6) is -1.94. The molecule has 0 radical (unpaired) electrons. The highest BCUT2D eigenvalue weighted by Crippen LogP contribution is 2.45. The van der Waals surface area contributed by atoms with E-state index in [0.29, 0.717) is 6.61 Å². The van der Waals surface area contributed by atoms with Gasteiger partial charge in [0.1, 0.15) is 0 Å². The van der Waals surface area contributed by atoms with E-state index in [1.54, 1.807) is 6.92 Å². The molecule has 1 aliphatic heterocycles. The van der Waals surface area contributed by atoms with Gasteiger partial charge < -0.3 is 19.6 Å². The summed E-state index contributed by atoms with van der Waals surface area (Å²) < 4.78 is 44.1. The quantitative estimate of drug-likeness (QED) is 0.779. The number of likely N-dealkylation sites (tertiary alicyclic amines) is 1. The van der Waals surface area contributed by atoms with E-state index in [4.69, 9.17) is 9.84 Å². The molecule has 0 aromatic rings. The molecule has 0 aromatic carbocycles. The maximum atomic E-state index is 13.0. The third-order valence-electron chi connectivity index (χ3n) is 3.59. The molecule has 1 unspecified atom stereocenters. The first kappa shape index (κ1) is 17.5. The van der Waals surface area contributed by atoms with Gasteiger partial charge in [-0.1, -0.05) is 0 Å². The Balaban J connectivity index is 2.72. The lowest BCUT2D eigenvalue weighted by molar-refractivity contribution is -0.227. The maximum Gasteiger partial charge on any atom is 0.406 e. The Bertz CT molecular complexity index is 402. The van der Waals surface area contributed by atoms with E-state index in [9.17, 15) is 22.8 Å². The molecule has 122 valence electrons. The lowest BCUT2D eigenvalue weighted by Gasteiger charge is -2.29. The van der Waals surface area contributed by atoms with E-state index in [2.05, 4.69) is 0 Å². The summed E-state index contributed by atoms with van der Waals surface area (Å²) in [6, 6.07) is -0.623. The highest BCUT2D eigenvalue weighted by atomic mass is 19.4. The highest BCUT2D eigenvalue weighted by Gasteiger charge is 2.64. The number of carboxylic acids is 1.